The van der Waals surface area contributed by atoms with E-state index in [0.717, 1.165) is 56.9 Å². The fourth-order valence-electron chi connectivity index (χ4n) is 4.77. The molecule has 0 spiro atoms. The first-order chi connectivity index (χ1) is 14.5. The number of rotatable bonds is 6. The summed E-state index contributed by atoms with van der Waals surface area (Å²) in [5.41, 5.74) is 7.01. The molecule has 0 aliphatic carbocycles. The van der Waals surface area contributed by atoms with Crippen LogP contribution in [-0.2, 0) is 11.2 Å². The van der Waals surface area contributed by atoms with Gasteiger partial charge in [0.05, 0.1) is 12.7 Å². The normalized spacial score (nSPS) is 23.9. The number of hydrogen-bond acceptors (Lipinski definition) is 6. The third-order valence-electron chi connectivity index (χ3n) is 6.23. The molecule has 2 aliphatic heterocycles. The van der Waals surface area contributed by atoms with Gasteiger partial charge in [0, 0.05) is 36.7 Å². The SMILES string of the molecule is CC(C)CC1CN(C2CCN(c3n[nH]c(N)n3)CC2)C(Cc2ccc(Cl)cc2)CO1. The van der Waals surface area contributed by atoms with Gasteiger partial charge in [-0.2, -0.15) is 4.98 Å². The second-order valence-corrected chi connectivity index (χ2v) is 9.44. The number of nitrogen functional groups attached to an aromatic ring is 1. The predicted molar refractivity (Wildman–Crippen MR) is 121 cm³/mol. The highest BCUT2D eigenvalue weighted by Crippen LogP contribution is 2.28. The van der Waals surface area contributed by atoms with Gasteiger partial charge in [0.1, 0.15) is 0 Å². The monoisotopic (exact) mass is 432 g/mol. The Labute approximate surface area is 183 Å². The van der Waals surface area contributed by atoms with Crippen molar-refractivity contribution in [1.29, 1.82) is 0 Å². The van der Waals surface area contributed by atoms with E-state index in [4.69, 9.17) is 22.1 Å². The number of anilines is 2. The smallest absolute Gasteiger partial charge is 0.246 e. The van der Waals surface area contributed by atoms with Crippen LogP contribution in [-0.4, -0.2) is 64.5 Å². The first kappa shape index (κ1) is 21.4. The Morgan fingerprint density at radius 1 is 1.23 bits per heavy atom. The fourth-order valence-corrected chi connectivity index (χ4v) is 4.89. The molecule has 3 heterocycles. The van der Waals surface area contributed by atoms with E-state index in [1.54, 1.807) is 0 Å². The Hall–Kier alpha value is -1.83. The van der Waals surface area contributed by atoms with Crippen molar-refractivity contribution in [3.63, 3.8) is 0 Å². The highest BCUT2D eigenvalue weighted by atomic mass is 35.5. The van der Waals surface area contributed by atoms with Crippen LogP contribution in [0, 0.1) is 5.92 Å². The molecule has 0 saturated carbocycles. The van der Waals surface area contributed by atoms with E-state index in [9.17, 15) is 0 Å². The molecular weight excluding hydrogens is 400 g/mol. The Morgan fingerprint density at radius 2 is 1.97 bits per heavy atom. The van der Waals surface area contributed by atoms with Crippen LogP contribution in [0.25, 0.3) is 0 Å². The minimum Gasteiger partial charge on any atom is -0.375 e. The molecule has 30 heavy (non-hydrogen) atoms. The molecule has 2 unspecified atom stereocenters. The highest BCUT2D eigenvalue weighted by molar-refractivity contribution is 6.30. The van der Waals surface area contributed by atoms with Crippen molar-refractivity contribution in [3.8, 4) is 0 Å². The summed E-state index contributed by atoms with van der Waals surface area (Å²) in [6.45, 7) is 8.24. The summed E-state index contributed by atoms with van der Waals surface area (Å²) in [7, 11) is 0. The average molecular weight is 433 g/mol. The second-order valence-electron chi connectivity index (χ2n) is 9.00. The largest absolute Gasteiger partial charge is 0.375 e. The zero-order valence-corrected chi connectivity index (χ0v) is 18.7. The lowest BCUT2D eigenvalue weighted by molar-refractivity contribution is -0.0881. The first-order valence-corrected chi connectivity index (χ1v) is 11.4. The number of piperidine rings is 1. The summed E-state index contributed by atoms with van der Waals surface area (Å²) in [5.74, 6) is 1.73. The van der Waals surface area contributed by atoms with Gasteiger partial charge in [0.15, 0.2) is 0 Å². The van der Waals surface area contributed by atoms with Gasteiger partial charge < -0.3 is 15.4 Å². The van der Waals surface area contributed by atoms with Crippen molar-refractivity contribution in [2.45, 2.75) is 57.7 Å². The number of aromatic amines is 1. The summed E-state index contributed by atoms with van der Waals surface area (Å²) in [6.07, 6.45) is 4.61. The Bertz CT molecular complexity index is 802. The summed E-state index contributed by atoms with van der Waals surface area (Å²) < 4.78 is 6.30. The van der Waals surface area contributed by atoms with E-state index >= 15 is 0 Å². The van der Waals surface area contributed by atoms with Crippen LogP contribution >= 0.6 is 11.6 Å². The van der Waals surface area contributed by atoms with Crippen molar-refractivity contribution in [2.24, 2.45) is 5.92 Å². The lowest BCUT2D eigenvalue weighted by atomic mass is 9.94. The molecule has 4 rings (SSSR count). The van der Waals surface area contributed by atoms with Gasteiger partial charge in [0.2, 0.25) is 11.9 Å². The van der Waals surface area contributed by atoms with E-state index in [-0.39, 0.29) is 0 Å². The predicted octanol–water partition coefficient (Wildman–Crippen LogP) is 3.37. The zero-order valence-electron chi connectivity index (χ0n) is 17.9. The minimum absolute atomic E-state index is 0.317. The summed E-state index contributed by atoms with van der Waals surface area (Å²) in [5, 5.41) is 7.75. The van der Waals surface area contributed by atoms with Gasteiger partial charge in [-0.3, -0.25) is 4.90 Å². The summed E-state index contributed by atoms with van der Waals surface area (Å²) >= 11 is 6.08. The summed E-state index contributed by atoms with van der Waals surface area (Å²) in [6, 6.07) is 9.17. The molecule has 2 atom stereocenters. The topological polar surface area (TPSA) is 83.3 Å². The van der Waals surface area contributed by atoms with Crippen LogP contribution in [0.3, 0.4) is 0 Å². The van der Waals surface area contributed by atoms with E-state index in [1.165, 1.54) is 5.56 Å². The Kier molecular flexibility index (Phi) is 6.80. The molecule has 2 aliphatic rings. The summed E-state index contributed by atoms with van der Waals surface area (Å²) in [4.78, 5) is 9.23. The molecule has 0 radical (unpaired) electrons. The number of H-pyrrole nitrogens is 1. The lowest BCUT2D eigenvalue weighted by Gasteiger charge is -2.47. The zero-order chi connectivity index (χ0) is 21.1. The lowest BCUT2D eigenvalue weighted by Crippen LogP contribution is -2.57. The molecule has 2 fully saturated rings. The van der Waals surface area contributed by atoms with Crippen molar-refractivity contribution < 1.29 is 4.74 Å². The highest BCUT2D eigenvalue weighted by Gasteiger charge is 2.36. The van der Waals surface area contributed by atoms with E-state index < -0.39 is 0 Å². The molecule has 2 aromatic rings. The number of aromatic nitrogens is 3. The molecule has 1 aromatic heterocycles. The number of halogens is 1. The van der Waals surface area contributed by atoms with E-state index in [1.807, 2.05) is 12.1 Å². The molecule has 0 amide bonds. The van der Waals surface area contributed by atoms with Crippen molar-refractivity contribution >= 4 is 23.5 Å². The number of nitrogens with one attached hydrogen (secondary N) is 1. The van der Waals surface area contributed by atoms with Crippen molar-refractivity contribution in [1.82, 2.24) is 20.1 Å². The van der Waals surface area contributed by atoms with Gasteiger partial charge in [-0.1, -0.05) is 37.6 Å². The number of hydrogen-bond donors (Lipinski definition) is 2. The van der Waals surface area contributed by atoms with E-state index in [0.29, 0.717) is 36.0 Å². The number of ether oxygens (including phenoxy) is 1. The minimum atomic E-state index is 0.317. The molecule has 7 nitrogen and oxygen atoms in total. The fraction of sp³-hybridized carbons (Fsp3) is 0.636. The molecule has 1 aromatic carbocycles. The number of nitrogens with two attached hydrogens (primary N) is 1. The van der Waals surface area contributed by atoms with Crippen LogP contribution in [0.15, 0.2) is 24.3 Å². The maximum absolute atomic E-state index is 6.30. The van der Waals surface area contributed by atoms with Crippen LogP contribution in [0.5, 0.6) is 0 Å². The van der Waals surface area contributed by atoms with E-state index in [2.05, 4.69) is 51.0 Å². The second kappa shape index (κ2) is 9.54. The Morgan fingerprint density at radius 3 is 2.60 bits per heavy atom. The van der Waals surface area contributed by atoms with Gasteiger partial charge in [-0.25, -0.2) is 5.10 Å². The third-order valence-corrected chi connectivity index (χ3v) is 6.49. The maximum atomic E-state index is 6.30. The molecule has 0 bridgehead atoms. The standard InChI is InChI=1S/C22H33ClN6O/c1-15(2)11-20-13-29(19(14-30-20)12-16-3-5-17(23)6-4-16)18-7-9-28(10-8-18)22-25-21(24)26-27-22/h3-6,15,18-20H,7-14H2,1-2H3,(H3,24,25,26,27). The van der Waals surface area contributed by atoms with Crippen molar-refractivity contribution in [3.05, 3.63) is 34.9 Å². The average Bonchev–Trinajstić information content (AvgIpc) is 3.17. The van der Waals surface area contributed by atoms with Gasteiger partial charge >= 0.3 is 0 Å². The van der Waals surface area contributed by atoms with Gasteiger partial charge in [0.25, 0.3) is 0 Å². The van der Waals surface area contributed by atoms with Gasteiger partial charge in [-0.05, 0) is 49.3 Å². The van der Waals surface area contributed by atoms with Crippen LogP contribution < -0.4 is 10.6 Å². The van der Waals surface area contributed by atoms with Crippen LogP contribution in [0.2, 0.25) is 5.02 Å². The van der Waals surface area contributed by atoms with Crippen LogP contribution in [0.1, 0.15) is 38.7 Å². The number of nitrogens with zero attached hydrogens (tertiary/aromatic N) is 4. The quantitative estimate of drug-likeness (QED) is 0.728. The molecule has 2 saturated heterocycles. The first-order valence-electron chi connectivity index (χ1n) is 11.0. The number of benzene rings is 1. The van der Waals surface area contributed by atoms with Gasteiger partial charge in [-0.15, -0.1) is 5.10 Å². The Balaban J connectivity index is 1.43. The van der Waals surface area contributed by atoms with Crippen molar-refractivity contribution in [2.75, 3.05) is 36.9 Å². The number of morpholine rings is 1. The maximum Gasteiger partial charge on any atom is 0.246 e. The molecular formula is C22H33ClN6O. The molecule has 164 valence electrons. The third kappa shape index (κ3) is 5.25. The van der Waals surface area contributed by atoms with Crippen LogP contribution in [0.4, 0.5) is 11.9 Å². The molecule has 3 N–H and O–H groups in total. The molecule has 8 heteroatoms.